The van der Waals surface area contributed by atoms with Gasteiger partial charge in [0.1, 0.15) is 0 Å². The summed E-state index contributed by atoms with van der Waals surface area (Å²) in [6.07, 6.45) is 2.48. The third kappa shape index (κ3) is 2.28. The normalized spacial score (nSPS) is 25.5. The topological polar surface area (TPSA) is 23.5 Å². The highest BCUT2D eigenvalue weighted by Gasteiger charge is 2.43. The van der Waals surface area contributed by atoms with E-state index < -0.39 is 11.2 Å². The van der Waals surface area contributed by atoms with Gasteiger partial charge in [-0.25, -0.2) is 0 Å². The smallest absolute Gasteiger partial charge is 0.220 e. The first kappa shape index (κ1) is 14.3. The minimum atomic E-state index is -0.783. The van der Waals surface area contributed by atoms with Crippen molar-refractivity contribution in [1.82, 2.24) is 4.90 Å². The molecule has 0 spiro atoms. The van der Waals surface area contributed by atoms with Gasteiger partial charge in [0.05, 0.1) is 0 Å². The van der Waals surface area contributed by atoms with Gasteiger partial charge in [-0.3, -0.25) is 0 Å². The zero-order valence-electron chi connectivity index (χ0n) is 12.9. The summed E-state index contributed by atoms with van der Waals surface area (Å²) in [5.41, 5.74) is 2.70. The van der Waals surface area contributed by atoms with Crippen LogP contribution in [-0.2, 0) is 11.2 Å². The van der Waals surface area contributed by atoms with Gasteiger partial charge >= 0.3 is 0 Å². The molecule has 1 fully saturated rings. The number of fused-ring (bicyclic) bond motifs is 2. The van der Waals surface area contributed by atoms with Crippen LogP contribution < -0.4 is 0 Å². The highest BCUT2D eigenvalue weighted by atomic mass is 32.2. The summed E-state index contributed by atoms with van der Waals surface area (Å²) in [6.45, 7) is 2.35. The van der Waals surface area contributed by atoms with Crippen LogP contribution >= 0.6 is 0 Å². The molecule has 0 aromatic heterocycles. The van der Waals surface area contributed by atoms with E-state index in [-0.39, 0.29) is 0 Å². The third-order valence-corrected chi connectivity index (χ3v) is 6.74. The fourth-order valence-electron chi connectivity index (χ4n) is 3.98. The Kier molecular flexibility index (Phi) is 3.73. The Hall–Kier alpha value is -1.29. The lowest BCUT2D eigenvalue weighted by molar-refractivity contribution is 0.205. The summed E-state index contributed by atoms with van der Waals surface area (Å²) in [5, 5.41) is 0. The second-order valence-corrected chi connectivity index (χ2v) is 7.93. The van der Waals surface area contributed by atoms with Crippen LogP contribution in [0.4, 0.5) is 0 Å². The standard InChI is InChI=1S/C19H22NOS/c1-20-12-10-14(11-13-20)19-15-6-2-4-8-17(15)22(21)18-9-5-3-7-16(18)19/h2-9,14,19,21H,10-13H2,1H3/q+1. The van der Waals surface area contributed by atoms with Crippen molar-refractivity contribution in [2.75, 3.05) is 20.1 Å². The first-order valence-corrected chi connectivity index (χ1v) is 9.23. The van der Waals surface area contributed by atoms with E-state index in [1.54, 1.807) is 0 Å². The summed E-state index contributed by atoms with van der Waals surface area (Å²) in [4.78, 5) is 4.68. The maximum absolute atomic E-state index is 10.8. The molecule has 3 heteroatoms. The molecule has 0 bridgehead atoms. The van der Waals surface area contributed by atoms with Crippen molar-refractivity contribution >= 4 is 11.2 Å². The fraction of sp³-hybridized carbons (Fsp3) is 0.368. The first-order valence-electron chi connectivity index (χ1n) is 8.05. The van der Waals surface area contributed by atoms with Crippen molar-refractivity contribution in [2.24, 2.45) is 5.92 Å². The summed E-state index contributed by atoms with van der Waals surface area (Å²) in [5.74, 6) is 1.12. The summed E-state index contributed by atoms with van der Waals surface area (Å²) >= 11 is -0.783. The average Bonchev–Trinajstić information content (AvgIpc) is 2.57. The van der Waals surface area contributed by atoms with Gasteiger partial charge in [0, 0.05) is 17.0 Å². The predicted octanol–water partition coefficient (Wildman–Crippen LogP) is 3.98. The largest absolute Gasteiger partial charge is 0.306 e. The molecule has 0 unspecified atom stereocenters. The highest BCUT2D eigenvalue weighted by Crippen LogP contribution is 2.47. The Labute approximate surface area is 135 Å². The number of hydrogen-bond donors (Lipinski definition) is 1. The molecule has 0 amide bonds. The Morgan fingerprint density at radius 3 is 1.95 bits per heavy atom. The van der Waals surface area contributed by atoms with E-state index in [0.717, 1.165) is 9.79 Å². The van der Waals surface area contributed by atoms with Crippen molar-refractivity contribution < 1.29 is 4.55 Å². The maximum Gasteiger partial charge on any atom is 0.220 e. The molecule has 1 N–H and O–H groups in total. The van der Waals surface area contributed by atoms with E-state index in [9.17, 15) is 4.55 Å². The Morgan fingerprint density at radius 2 is 1.41 bits per heavy atom. The molecular weight excluding hydrogens is 290 g/mol. The Bertz CT molecular complexity index is 631. The van der Waals surface area contributed by atoms with Crippen molar-refractivity contribution in [3.05, 3.63) is 59.7 Å². The highest BCUT2D eigenvalue weighted by molar-refractivity contribution is 7.91. The first-order chi connectivity index (χ1) is 10.8. The lowest BCUT2D eigenvalue weighted by Crippen LogP contribution is -2.34. The Balaban J connectivity index is 1.82. The van der Waals surface area contributed by atoms with E-state index in [4.69, 9.17) is 0 Å². The Morgan fingerprint density at radius 1 is 0.909 bits per heavy atom. The van der Waals surface area contributed by atoms with Gasteiger partial charge in [0.15, 0.2) is 9.79 Å². The molecular formula is C19H22NOS+. The monoisotopic (exact) mass is 312 g/mol. The molecule has 2 aliphatic rings. The van der Waals surface area contributed by atoms with Crippen LogP contribution in [-0.4, -0.2) is 29.6 Å². The molecule has 114 valence electrons. The molecule has 0 saturated carbocycles. The van der Waals surface area contributed by atoms with Crippen LogP contribution in [0.1, 0.15) is 29.9 Å². The van der Waals surface area contributed by atoms with Gasteiger partial charge in [-0.1, -0.05) is 36.4 Å². The number of rotatable bonds is 1. The van der Waals surface area contributed by atoms with Crippen LogP contribution in [0.5, 0.6) is 0 Å². The van der Waals surface area contributed by atoms with Crippen LogP contribution in [0.25, 0.3) is 0 Å². The molecule has 2 aromatic carbocycles. The lowest BCUT2D eigenvalue weighted by atomic mass is 9.76. The summed E-state index contributed by atoms with van der Waals surface area (Å²) in [6, 6.07) is 17.0. The van der Waals surface area contributed by atoms with E-state index >= 15 is 0 Å². The van der Waals surface area contributed by atoms with Gasteiger partial charge in [-0.05, 0) is 51.0 Å². The van der Waals surface area contributed by atoms with Crippen LogP contribution in [0.3, 0.4) is 0 Å². The SMILES string of the molecule is CN1CCC(C2c3ccccc3[S+](O)c3ccccc32)CC1. The number of piperidine rings is 1. The van der Waals surface area contributed by atoms with E-state index in [0.29, 0.717) is 11.8 Å². The van der Waals surface area contributed by atoms with E-state index in [1.807, 2.05) is 0 Å². The molecule has 0 aliphatic carbocycles. The zero-order chi connectivity index (χ0) is 15.1. The summed E-state index contributed by atoms with van der Waals surface area (Å²) in [7, 11) is 2.21. The van der Waals surface area contributed by atoms with Crippen LogP contribution in [0.15, 0.2) is 58.3 Å². The maximum atomic E-state index is 10.8. The molecule has 0 radical (unpaired) electrons. The molecule has 2 aliphatic heterocycles. The number of hydrogen-bond acceptors (Lipinski definition) is 2. The lowest BCUT2D eigenvalue weighted by Gasteiger charge is -2.36. The quantitative estimate of drug-likeness (QED) is 0.805. The molecule has 4 rings (SSSR count). The van der Waals surface area contributed by atoms with Gasteiger partial charge in [-0.15, -0.1) is 0 Å². The average molecular weight is 312 g/mol. The van der Waals surface area contributed by atoms with Crippen LogP contribution in [0, 0.1) is 5.92 Å². The zero-order valence-corrected chi connectivity index (χ0v) is 13.7. The van der Waals surface area contributed by atoms with Gasteiger partial charge in [0.2, 0.25) is 11.2 Å². The van der Waals surface area contributed by atoms with Crippen molar-refractivity contribution in [2.45, 2.75) is 28.6 Å². The molecule has 1 saturated heterocycles. The number of nitrogens with zero attached hydrogens (tertiary/aromatic N) is 1. The fourth-order valence-corrected chi connectivity index (χ4v) is 5.47. The molecule has 2 aromatic rings. The van der Waals surface area contributed by atoms with Gasteiger partial charge in [0.25, 0.3) is 0 Å². The summed E-state index contributed by atoms with van der Waals surface area (Å²) < 4.78 is 10.8. The van der Waals surface area contributed by atoms with Crippen molar-refractivity contribution in [1.29, 1.82) is 0 Å². The molecule has 22 heavy (non-hydrogen) atoms. The minimum Gasteiger partial charge on any atom is -0.306 e. The minimum absolute atomic E-state index is 0.442. The third-order valence-electron chi connectivity index (χ3n) is 5.16. The molecule has 2 nitrogen and oxygen atoms in total. The van der Waals surface area contributed by atoms with Crippen LogP contribution in [0.2, 0.25) is 0 Å². The number of benzene rings is 2. The van der Waals surface area contributed by atoms with Gasteiger partial charge in [-0.2, -0.15) is 4.55 Å². The predicted molar refractivity (Wildman–Crippen MR) is 91.5 cm³/mol. The van der Waals surface area contributed by atoms with E-state index in [2.05, 4.69) is 60.5 Å². The van der Waals surface area contributed by atoms with E-state index in [1.165, 1.54) is 37.1 Å². The second-order valence-electron chi connectivity index (χ2n) is 6.48. The molecule has 2 heterocycles. The second kappa shape index (κ2) is 5.73. The number of likely N-dealkylation sites (tertiary alicyclic amines) is 1. The van der Waals surface area contributed by atoms with Crippen molar-refractivity contribution in [3.8, 4) is 0 Å². The molecule has 0 atom stereocenters. The van der Waals surface area contributed by atoms with Gasteiger partial charge < -0.3 is 4.90 Å². The van der Waals surface area contributed by atoms with Crippen molar-refractivity contribution in [3.63, 3.8) is 0 Å².